The largest absolute Gasteiger partial charge is 0.486 e. The van der Waals surface area contributed by atoms with Crippen LogP contribution >= 0.6 is 0 Å². The maximum Gasteiger partial charge on any atom is 0.140 e. The van der Waals surface area contributed by atoms with Crippen LogP contribution in [0.15, 0.2) is 96.6 Å². The van der Waals surface area contributed by atoms with Crippen LogP contribution in [0.25, 0.3) is 5.57 Å². The average Bonchev–Trinajstić information content (AvgIpc) is 2.92. The number of rotatable bonds is 3. The Kier molecular flexibility index (Phi) is 5.62. The normalized spacial score (nSPS) is 27.0. The van der Waals surface area contributed by atoms with E-state index in [-0.39, 0.29) is 18.1 Å². The van der Waals surface area contributed by atoms with Gasteiger partial charge in [0.15, 0.2) is 0 Å². The maximum absolute atomic E-state index is 9.06. The number of ether oxygens (including phenoxy) is 1. The van der Waals surface area contributed by atoms with Crippen molar-refractivity contribution in [3.8, 4) is 6.07 Å². The average molecular weight is 460 g/mol. The van der Waals surface area contributed by atoms with Crippen LogP contribution in [0.1, 0.15) is 55.3 Å². The lowest BCUT2D eigenvalue weighted by Gasteiger charge is -2.46. The molecule has 2 heterocycles. The van der Waals surface area contributed by atoms with Crippen molar-refractivity contribution in [3.63, 3.8) is 0 Å². The molecule has 0 saturated heterocycles. The quantitative estimate of drug-likeness (QED) is 0.473. The predicted octanol–water partition coefficient (Wildman–Crippen LogP) is 6.81. The molecule has 0 bridgehead atoms. The first-order valence-electron chi connectivity index (χ1n) is 12.6. The van der Waals surface area contributed by atoms with E-state index in [1.54, 1.807) is 6.07 Å². The van der Waals surface area contributed by atoms with Crippen LogP contribution in [0.4, 0.5) is 5.69 Å². The molecule has 1 aromatic carbocycles. The third-order valence-electron chi connectivity index (χ3n) is 7.45. The van der Waals surface area contributed by atoms with Crippen LogP contribution in [0.2, 0.25) is 0 Å². The Bertz CT molecular complexity index is 1320. The third kappa shape index (κ3) is 4.12. The van der Waals surface area contributed by atoms with E-state index in [4.69, 9.17) is 10.00 Å². The van der Waals surface area contributed by atoms with Gasteiger partial charge in [0.2, 0.25) is 0 Å². The summed E-state index contributed by atoms with van der Waals surface area (Å²) in [6.07, 6.45) is 21.9. The number of nitrogens with zero attached hydrogens (tertiary/aromatic N) is 3. The van der Waals surface area contributed by atoms with Crippen LogP contribution in [-0.2, 0) is 4.74 Å². The molecular formula is C31H29N3O. The maximum atomic E-state index is 9.06. The molecule has 0 N–H and O–H groups in total. The molecule has 1 aliphatic heterocycles. The van der Waals surface area contributed by atoms with E-state index in [2.05, 4.69) is 89.7 Å². The van der Waals surface area contributed by atoms with Gasteiger partial charge in [0, 0.05) is 17.8 Å². The van der Waals surface area contributed by atoms with Gasteiger partial charge in [-0.1, -0.05) is 61.6 Å². The minimum atomic E-state index is 0.169. The lowest BCUT2D eigenvalue weighted by atomic mass is 9.86. The minimum absolute atomic E-state index is 0.169. The number of aromatic nitrogens is 1. The van der Waals surface area contributed by atoms with Crippen molar-refractivity contribution in [2.24, 2.45) is 5.92 Å². The Labute approximate surface area is 207 Å². The van der Waals surface area contributed by atoms with Gasteiger partial charge < -0.3 is 9.64 Å². The summed E-state index contributed by atoms with van der Waals surface area (Å²) in [4.78, 5) is 6.80. The summed E-state index contributed by atoms with van der Waals surface area (Å²) in [6.45, 7) is 2.27. The molecule has 4 heteroatoms. The summed E-state index contributed by atoms with van der Waals surface area (Å²) in [5, 5.41) is 9.06. The summed E-state index contributed by atoms with van der Waals surface area (Å²) in [6, 6.07) is 15.1. The van der Waals surface area contributed by atoms with E-state index >= 15 is 0 Å². The van der Waals surface area contributed by atoms with Gasteiger partial charge in [0.25, 0.3) is 0 Å². The fourth-order valence-electron chi connectivity index (χ4n) is 5.66. The smallest absolute Gasteiger partial charge is 0.140 e. The highest BCUT2D eigenvalue weighted by Crippen LogP contribution is 2.41. The highest BCUT2D eigenvalue weighted by Gasteiger charge is 2.39. The monoisotopic (exact) mass is 459 g/mol. The Morgan fingerprint density at radius 1 is 1.11 bits per heavy atom. The van der Waals surface area contributed by atoms with Crippen molar-refractivity contribution in [3.05, 3.63) is 113 Å². The van der Waals surface area contributed by atoms with Crippen LogP contribution < -0.4 is 4.90 Å². The molecule has 174 valence electrons. The standard InChI is InChI=1S/C31H29N3O/c1-21-12-15-29-31(16-21)35-30-11-3-2-10-28(30)34(29)27-9-5-8-24(18-27)22-6-4-7-23(17-22)25-13-14-26(19-32)33-20-25/h3-6,8-9,11-15,17-18,20-21,23,29,31H,2,7,10,16H2,1H3/t21?,23?,29?,31-/m1/s1. The first kappa shape index (κ1) is 21.7. The highest BCUT2D eigenvalue weighted by molar-refractivity contribution is 5.78. The second kappa shape index (κ2) is 9.07. The summed E-state index contributed by atoms with van der Waals surface area (Å²) < 4.78 is 6.49. The zero-order chi connectivity index (χ0) is 23.8. The van der Waals surface area contributed by atoms with E-state index in [1.165, 1.54) is 22.5 Å². The van der Waals surface area contributed by atoms with Crippen LogP contribution in [0, 0.1) is 17.2 Å². The summed E-state index contributed by atoms with van der Waals surface area (Å²) in [7, 11) is 0. The van der Waals surface area contributed by atoms with Gasteiger partial charge in [0.1, 0.15) is 23.6 Å². The molecule has 1 aromatic heterocycles. The third-order valence-corrected chi connectivity index (χ3v) is 7.45. The minimum Gasteiger partial charge on any atom is -0.486 e. The zero-order valence-corrected chi connectivity index (χ0v) is 20.0. The van der Waals surface area contributed by atoms with Crippen LogP contribution in [-0.4, -0.2) is 17.1 Å². The lowest BCUT2D eigenvalue weighted by Crippen LogP contribution is -2.49. The second-order valence-electron chi connectivity index (χ2n) is 9.87. The molecule has 4 atom stereocenters. The summed E-state index contributed by atoms with van der Waals surface area (Å²) in [5.41, 5.74) is 6.55. The molecule has 3 aliphatic carbocycles. The molecule has 0 fully saturated rings. The van der Waals surface area contributed by atoms with E-state index in [9.17, 15) is 0 Å². The highest BCUT2D eigenvalue weighted by atomic mass is 16.5. The van der Waals surface area contributed by atoms with Gasteiger partial charge in [-0.25, -0.2) is 4.98 Å². The van der Waals surface area contributed by atoms with Gasteiger partial charge in [-0.3, -0.25) is 0 Å². The summed E-state index contributed by atoms with van der Waals surface area (Å²) >= 11 is 0. The zero-order valence-electron chi connectivity index (χ0n) is 20.0. The van der Waals surface area contributed by atoms with Crippen molar-refractivity contribution >= 4 is 11.3 Å². The molecule has 35 heavy (non-hydrogen) atoms. The number of benzene rings is 1. The molecule has 6 rings (SSSR count). The molecular weight excluding hydrogens is 430 g/mol. The Morgan fingerprint density at radius 3 is 2.91 bits per heavy atom. The molecule has 0 spiro atoms. The molecule has 0 saturated carbocycles. The molecule has 4 aliphatic rings. The van der Waals surface area contributed by atoms with Gasteiger partial charge >= 0.3 is 0 Å². The van der Waals surface area contributed by atoms with Gasteiger partial charge in [-0.2, -0.15) is 5.26 Å². The molecule has 2 aromatic rings. The van der Waals surface area contributed by atoms with Crippen LogP contribution in [0.5, 0.6) is 0 Å². The topological polar surface area (TPSA) is 49.1 Å². The summed E-state index contributed by atoms with van der Waals surface area (Å²) in [5.74, 6) is 1.83. The van der Waals surface area contributed by atoms with E-state index in [0.717, 1.165) is 37.0 Å². The molecule has 0 radical (unpaired) electrons. The van der Waals surface area contributed by atoms with Gasteiger partial charge in [0.05, 0.1) is 11.7 Å². The van der Waals surface area contributed by atoms with E-state index < -0.39 is 0 Å². The number of pyridine rings is 1. The number of hydrogen-bond acceptors (Lipinski definition) is 4. The van der Waals surface area contributed by atoms with Gasteiger partial charge in [-0.05, 0) is 72.6 Å². The first-order valence-corrected chi connectivity index (χ1v) is 12.6. The second-order valence-corrected chi connectivity index (χ2v) is 9.87. The van der Waals surface area contributed by atoms with Crippen molar-refractivity contribution in [2.45, 2.75) is 50.7 Å². The fourth-order valence-corrected chi connectivity index (χ4v) is 5.66. The number of allylic oxidation sites excluding steroid dienone is 8. The Balaban J connectivity index is 1.36. The molecule has 0 amide bonds. The lowest BCUT2D eigenvalue weighted by molar-refractivity contribution is 0.0730. The molecule has 4 nitrogen and oxygen atoms in total. The Morgan fingerprint density at radius 2 is 2.06 bits per heavy atom. The van der Waals surface area contributed by atoms with Crippen molar-refractivity contribution in [1.29, 1.82) is 5.26 Å². The Hall–Kier alpha value is -3.84. The fraction of sp³-hybridized carbons (Fsp3) is 0.290. The van der Waals surface area contributed by atoms with E-state index in [0.29, 0.717) is 11.6 Å². The van der Waals surface area contributed by atoms with Crippen molar-refractivity contribution < 1.29 is 4.74 Å². The predicted molar refractivity (Wildman–Crippen MR) is 139 cm³/mol. The van der Waals surface area contributed by atoms with Crippen molar-refractivity contribution in [2.75, 3.05) is 4.90 Å². The number of anilines is 1. The van der Waals surface area contributed by atoms with E-state index in [1.807, 2.05) is 12.3 Å². The number of nitriles is 1. The molecule has 3 unspecified atom stereocenters. The first-order chi connectivity index (χ1) is 17.2. The van der Waals surface area contributed by atoms with Crippen LogP contribution in [0.3, 0.4) is 0 Å². The SMILES string of the molecule is CC1C=CC2[C@@H](C1)OC1=C(CCC=C1)N2c1cccc(C2=CC(c3ccc(C#N)nc3)CC=C2)c1. The number of hydrogen-bond donors (Lipinski definition) is 0. The van der Waals surface area contributed by atoms with Crippen molar-refractivity contribution in [1.82, 2.24) is 4.98 Å². The van der Waals surface area contributed by atoms with Gasteiger partial charge in [-0.15, -0.1) is 0 Å². The number of fused-ring (bicyclic) bond motifs is 1.